The molecular weight excluding hydrogens is 312 g/mol. The summed E-state index contributed by atoms with van der Waals surface area (Å²) in [5.74, 6) is 0.690. The van der Waals surface area contributed by atoms with Gasteiger partial charge in [0.25, 0.3) is 0 Å². The third kappa shape index (κ3) is 2.99. The number of Topliss-reactive ketones (excluding diaryl/α,β-unsaturated/α-hetero) is 1. The van der Waals surface area contributed by atoms with Crippen molar-refractivity contribution in [3.8, 4) is 0 Å². The van der Waals surface area contributed by atoms with Crippen molar-refractivity contribution in [3.05, 3.63) is 35.5 Å². The molecule has 1 aliphatic heterocycles. The zero-order valence-corrected chi connectivity index (χ0v) is 14.9. The highest BCUT2D eigenvalue weighted by atomic mass is 16.2. The zero-order valence-electron chi connectivity index (χ0n) is 14.9. The van der Waals surface area contributed by atoms with Gasteiger partial charge in [0.2, 0.25) is 5.91 Å². The molecule has 2 aromatic rings. The lowest BCUT2D eigenvalue weighted by atomic mass is 9.77. The molecular formula is C21H26N2O2. The summed E-state index contributed by atoms with van der Waals surface area (Å²) >= 11 is 0. The second-order valence-electron chi connectivity index (χ2n) is 7.57. The molecule has 4 rings (SSSR count). The van der Waals surface area contributed by atoms with E-state index in [2.05, 4.69) is 30.1 Å². The number of rotatable bonds is 3. The standard InChI is InChI=1S/C21H26N2O2/c1-14-5-4-7-17-21(14)15(13-22-17)9-10-20(25)23-12-11-19(24)16-6-2-3-8-18(16)23/h4-5,7,13,16,18,22H,2-3,6,8-12H2,1H3. The summed E-state index contributed by atoms with van der Waals surface area (Å²) in [6, 6.07) is 6.41. The molecule has 2 unspecified atom stereocenters. The smallest absolute Gasteiger partial charge is 0.223 e. The second kappa shape index (κ2) is 6.66. The Morgan fingerprint density at radius 1 is 1.28 bits per heavy atom. The lowest BCUT2D eigenvalue weighted by molar-refractivity contribution is -0.143. The number of amides is 1. The van der Waals surface area contributed by atoms with Gasteiger partial charge in [0, 0.05) is 48.4 Å². The van der Waals surface area contributed by atoms with Crippen molar-refractivity contribution in [3.63, 3.8) is 0 Å². The summed E-state index contributed by atoms with van der Waals surface area (Å²) in [5, 5.41) is 1.25. The highest BCUT2D eigenvalue weighted by molar-refractivity contribution is 5.88. The van der Waals surface area contributed by atoms with Crippen molar-refractivity contribution >= 4 is 22.6 Å². The number of aromatic nitrogens is 1. The molecule has 4 nitrogen and oxygen atoms in total. The number of carbonyl (C=O) groups is 2. The first-order valence-corrected chi connectivity index (χ1v) is 9.53. The maximum absolute atomic E-state index is 12.9. The highest BCUT2D eigenvalue weighted by Gasteiger charge is 2.40. The first-order chi connectivity index (χ1) is 12.1. The van der Waals surface area contributed by atoms with Crippen molar-refractivity contribution in [1.29, 1.82) is 0 Å². The van der Waals surface area contributed by atoms with Crippen molar-refractivity contribution in [2.75, 3.05) is 6.54 Å². The number of likely N-dealkylation sites (tertiary alicyclic amines) is 1. The molecule has 1 aromatic heterocycles. The molecule has 1 saturated carbocycles. The molecule has 0 radical (unpaired) electrons. The number of benzene rings is 1. The Labute approximate surface area is 148 Å². The lowest BCUT2D eigenvalue weighted by Gasteiger charge is -2.43. The number of carbonyl (C=O) groups excluding carboxylic acids is 2. The maximum atomic E-state index is 12.9. The fourth-order valence-corrected chi connectivity index (χ4v) is 4.79. The molecule has 1 N–H and O–H groups in total. The molecule has 1 aromatic carbocycles. The van der Waals surface area contributed by atoms with E-state index in [9.17, 15) is 9.59 Å². The van der Waals surface area contributed by atoms with Crippen LogP contribution in [0.5, 0.6) is 0 Å². The number of fused-ring (bicyclic) bond motifs is 2. The number of nitrogens with one attached hydrogen (secondary N) is 1. The van der Waals surface area contributed by atoms with E-state index in [1.807, 2.05) is 11.1 Å². The van der Waals surface area contributed by atoms with Gasteiger partial charge in [0.1, 0.15) is 5.78 Å². The second-order valence-corrected chi connectivity index (χ2v) is 7.57. The number of ketones is 1. The predicted octanol–water partition coefficient (Wildman–Crippen LogP) is 3.77. The minimum absolute atomic E-state index is 0.0989. The summed E-state index contributed by atoms with van der Waals surface area (Å²) in [4.78, 5) is 30.4. The zero-order chi connectivity index (χ0) is 17.4. The van der Waals surface area contributed by atoms with Gasteiger partial charge in [-0.2, -0.15) is 0 Å². The van der Waals surface area contributed by atoms with Crippen LogP contribution < -0.4 is 0 Å². The van der Waals surface area contributed by atoms with Crippen LogP contribution in [-0.2, 0) is 16.0 Å². The van der Waals surface area contributed by atoms with Crippen LogP contribution in [0, 0.1) is 12.8 Å². The monoisotopic (exact) mass is 338 g/mol. The molecule has 4 heteroatoms. The van der Waals surface area contributed by atoms with Crippen LogP contribution in [0.2, 0.25) is 0 Å². The van der Waals surface area contributed by atoms with Crippen LogP contribution in [0.15, 0.2) is 24.4 Å². The fraction of sp³-hybridized carbons (Fsp3) is 0.524. The lowest BCUT2D eigenvalue weighted by Crippen LogP contribution is -2.53. The number of H-pyrrole nitrogens is 1. The molecule has 2 fully saturated rings. The largest absolute Gasteiger partial charge is 0.361 e. The quantitative estimate of drug-likeness (QED) is 0.926. The number of aromatic amines is 1. The normalized spacial score (nSPS) is 23.7. The molecule has 2 heterocycles. The van der Waals surface area contributed by atoms with Crippen LogP contribution in [0.1, 0.15) is 49.7 Å². The van der Waals surface area contributed by atoms with E-state index < -0.39 is 0 Å². The van der Waals surface area contributed by atoms with Crippen molar-refractivity contribution in [2.45, 2.75) is 57.9 Å². The Morgan fingerprint density at radius 2 is 2.12 bits per heavy atom. The van der Waals surface area contributed by atoms with Gasteiger partial charge in [0.15, 0.2) is 0 Å². The predicted molar refractivity (Wildman–Crippen MR) is 98.4 cm³/mol. The van der Waals surface area contributed by atoms with Gasteiger partial charge < -0.3 is 9.88 Å². The molecule has 1 aliphatic carbocycles. The van der Waals surface area contributed by atoms with E-state index in [0.717, 1.165) is 37.6 Å². The fourth-order valence-electron chi connectivity index (χ4n) is 4.79. The van der Waals surface area contributed by atoms with E-state index in [-0.39, 0.29) is 17.9 Å². The van der Waals surface area contributed by atoms with Gasteiger partial charge in [-0.1, -0.05) is 25.0 Å². The number of aryl methyl sites for hydroxylation is 2. The summed E-state index contributed by atoms with van der Waals surface area (Å²) < 4.78 is 0. The van der Waals surface area contributed by atoms with E-state index in [1.54, 1.807) is 0 Å². The number of piperidine rings is 1. The topological polar surface area (TPSA) is 53.2 Å². The Hall–Kier alpha value is -2.10. The minimum Gasteiger partial charge on any atom is -0.361 e. The molecule has 1 saturated heterocycles. The van der Waals surface area contributed by atoms with Gasteiger partial charge in [-0.25, -0.2) is 0 Å². The van der Waals surface area contributed by atoms with Crippen LogP contribution >= 0.6 is 0 Å². The number of hydrogen-bond donors (Lipinski definition) is 1. The molecule has 0 bridgehead atoms. The van der Waals surface area contributed by atoms with Gasteiger partial charge in [-0.3, -0.25) is 9.59 Å². The SMILES string of the molecule is Cc1cccc2[nH]cc(CCC(=O)N3CCC(=O)C4CCCCC43)c12. The van der Waals surface area contributed by atoms with Gasteiger partial charge in [0.05, 0.1) is 0 Å². The van der Waals surface area contributed by atoms with Gasteiger partial charge >= 0.3 is 0 Å². The van der Waals surface area contributed by atoms with Gasteiger partial charge in [-0.15, -0.1) is 0 Å². The highest BCUT2D eigenvalue weighted by Crippen LogP contribution is 2.34. The van der Waals surface area contributed by atoms with Crippen LogP contribution in [0.3, 0.4) is 0 Å². The first kappa shape index (κ1) is 16.4. The Bertz CT molecular complexity index is 807. The van der Waals surface area contributed by atoms with E-state index in [1.165, 1.54) is 16.5 Å². The third-order valence-electron chi connectivity index (χ3n) is 6.07. The van der Waals surface area contributed by atoms with Crippen LogP contribution in [0.4, 0.5) is 0 Å². The molecule has 2 atom stereocenters. The maximum Gasteiger partial charge on any atom is 0.223 e. The molecule has 25 heavy (non-hydrogen) atoms. The summed E-state index contributed by atoms with van der Waals surface area (Å²) in [7, 11) is 0. The Kier molecular flexibility index (Phi) is 4.36. The molecule has 0 spiro atoms. The number of hydrogen-bond acceptors (Lipinski definition) is 2. The van der Waals surface area contributed by atoms with E-state index in [4.69, 9.17) is 0 Å². The molecule has 2 aliphatic rings. The number of nitrogens with zero attached hydrogens (tertiary/aromatic N) is 1. The first-order valence-electron chi connectivity index (χ1n) is 9.53. The van der Waals surface area contributed by atoms with E-state index >= 15 is 0 Å². The van der Waals surface area contributed by atoms with Crippen molar-refractivity contribution in [2.24, 2.45) is 5.92 Å². The average Bonchev–Trinajstić information content (AvgIpc) is 3.05. The summed E-state index contributed by atoms with van der Waals surface area (Å²) in [6.45, 7) is 2.73. The summed E-state index contributed by atoms with van der Waals surface area (Å²) in [5.41, 5.74) is 3.60. The Balaban J connectivity index is 1.47. The van der Waals surface area contributed by atoms with Gasteiger partial charge in [-0.05, 0) is 43.4 Å². The average molecular weight is 338 g/mol. The third-order valence-corrected chi connectivity index (χ3v) is 6.07. The van der Waals surface area contributed by atoms with Crippen molar-refractivity contribution < 1.29 is 9.59 Å². The van der Waals surface area contributed by atoms with Crippen LogP contribution in [-0.4, -0.2) is 34.2 Å². The van der Waals surface area contributed by atoms with Crippen LogP contribution in [0.25, 0.3) is 10.9 Å². The minimum atomic E-state index is 0.0989. The van der Waals surface area contributed by atoms with E-state index in [0.29, 0.717) is 25.2 Å². The molecule has 132 valence electrons. The van der Waals surface area contributed by atoms with Crippen molar-refractivity contribution in [1.82, 2.24) is 9.88 Å². The summed E-state index contributed by atoms with van der Waals surface area (Å²) in [6.07, 6.45) is 8.09. The Morgan fingerprint density at radius 3 is 3.00 bits per heavy atom. The molecule has 1 amide bonds.